The number of rotatable bonds is 4. The molecule has 0 radical (unpaired) electrons. The Kier molecular flexibility index (Phi) is 4.60. The highest BCUT2D eigenvalue weighted by atomic mass is 32.1. The lowest BCUT2D eigenvalue weighted by Crippen LogP contribution is -2.44. The van der Waals surface area contributed by atoms with Gasteiger partial charge in [0.05, 0.1) is 6.04 Å². The lowest BCUT2D eigenvalue weighted by molar-refractivity contribution is 0.0811. The van der Waals surface area contributed by atoms with Gasteiger partial charge in [0, 0.05) is 17.1 Å². The number of aryl methyl sites for hydroxylation is 1. The molecule has 2 nitrogen and oxygen atoms in total. The summed E-state index contributed by atoms with van der Waals surface area (Å²) in [5.74, 6) is 0. The molecule has 0 amide bonds. The van der Waals surface area contributed by atoms with Crippen molar-refractivity contribution in [1.82, 2.24) is 10.3 Å². The zero-order chi connectivity index (χ0) is 15.0. The van der Waals surface area contributed by atoms with Crippen molar-refractivity contribution in [3.8, 4) is 0 Å². The largest absolute Gasteiger partial charge is 0.305 e. The van der Waals surface area contributed by atoms with Crippen molar-refractivity contribution < 1.29 is 0 Å². The molecule has 0 aliphatic heterocycles. The van der Waals surface area contributed by atoms with E-state index < -0.39 is 0 Å². The van der Waals surface area contributed by atoms with Gasteiger partial charge in [-0.25, -0.2) is 4.98 Å². The van der Waals surface area contributed by atoms with Crippen LogP contribution < -0.4 is 5.32 Å². The van der Waals surface area contributed by atoms with Crippen LogP contribution in [0, 0.1) is 10.8 Å². The Morgan fingerprint density at radius 3 is 2.40 bits per heavy atom. The van der Waals surface area contributed by atoms with E-state index in [1.54, 1.807) is 0 Å². The summed E-state index contributed by atoms with van der Waals surface area (Å²) in [4.78, 5) is 5.97. The van der Waals surface area contributed by atoms with Gasteiger partial charge >= 0.3 is 0 Å². The molecule has 2 rings (SSSR count). The van der Waals surface area contributed by atoms with Crippen molar-refractivity contribution in [2.24, 2.45) is 10.8 Å². The normalized spacial score (nSPS) is 23.7. The fourth-order valence-corrected chi connectivity index (χ4v) is 4.94. The number of nitrogens with one attached hydrogen (secondary N) is 1. The molecule has 1 aliphatic carbocycles. The number of hydrogen-bond donors (Lipinski definition) is 1. The summed E-state index contributed by atoms with van der Waals surface area (Å²) in [6.07, 6.45) is 6.99. The maximum absolute atomic E-state index is 4.58. The smallest absolute Gasteiger partial charge is 0.109 e. The highest BCUT2D eigenvalue weighted by Crippen LogP contribution is 2.46. The van der Waals surface area contributed by atoms with Crippen LogP contribution in [0.5, 0.6) is 0 Å². The van der Waals surface area contributed by atoms with Gasteiger partial charge in [-0.3, -0.25) is 0 Å². The monoisotopic (exact) mass is 294 g/mol. The Morgan fingerprint density at radius 2 is 1.90 bits per heavy atom. The molecule has 0 bridgehead atoms. The van der Waals surface area contributed by atoms with Crippen molar-refractivity contribution in [2.45, 2.75) is 79.3 Å². The van der Waals surface area contributed by atoms with Crippen LogP contribution in [0.3, 0.4) is 0 Å². The first kappa shape index (κ1) is 16.0. The quantitative estimate of drug-likeness (QED) is 0.849. The van der Waals surface area contributed by atoms with Gasteiger partial charge < -0.3 is 5.32 Å². The molecule has 1 fully saturated rings. The predicted molar refractivity (Wildman–Crippen MR) is 88.2 cm³/mol. The first-order valence-electron chi connectivity index (χ1n) is 7.91. The highest BCUT2D eigenvalue weighted by Gasteiger charge is 2.38. The van der Waals surface area contributed by atoms with Gasteiger partial charge in [0.2, 0.25) is 0 Å². The van der Waals surface area contributed by atoms with E-state index in [4.69, 9.17) is 0 Å². The number of hydrogen-bond acceptors (Lipinski definition) is 3. The van der Waals surface area contributed by atoms with Crippen molar-refractivity contribution in [2.75, 3.05) is 0 Å². The minimum absolute atomic E-state index is 0.370. The first-order chi connectivity index (χ1) is 9.21. The van der Waals surface area contributed by atoms with E-state index in [0.29, 0.717) is 22.9 Å². The SMILES string of the molecule is CCc1cnc(C(C)NC2CC(C)(C)CC(C)(C)C2)s1. The molecule has 0 saturated heterocycles. The zero-order valence-electron chi connectivity index (χ0n) is 13.9. The van der Waals surface area contributed by atoms with Crippen molar-refractivity contribution in [3.63, 3.8) is 0 Å². The molecule has 1 heterocycles. The topological polar surface area (TPSA) is 24.9 Å². The Labute approximate surface area is 128 Å². The number of nitrogens with zero attached hydrogens (tertiary/aromatic N) is 1. The van der Waals surface area contributed by atoms with Crippen LogP contribution in [-0.2, 0) is 6.42 Å². The van der Waals surface area contributed by atoms with Crippen LogP contribution in [0.2, 0.25) is 0 Å². The first-order valence-corrected chi connectivity index (χ1v) is 8.73. The zero-order valence-corrected chi connectivity index (χ0v) is 14.7. The Hall–Kier alpha value is -0.410. The second-order valence-electron chi connectivity index (χ2n) is 8.02. The molecule has 1 atom stereocenters. The molecule has 1 N–H and O–H groups in total. The Morgan fingerprint density at radius 1 is 1.30 bits per heavy atom. The minimum atomic E-state index is 0.370. The van der Waals surface area contributed by atoms with E-state index in [1.807, 2.05) is 17.5 Å². The summed E-state index contributed by atoms with van der Waals surface area (Å²) in [7, 11) is 0. The second kappa shape index (κ2) is 5.76. The molecule has 1 saturated carbocycles. The standard InChI is InChI=1S/C17H30N2S/c1-7-14-10-18-15(20-14)12(2)19-13-8-16(3,4)11-17(5,6)9-13/h10,12-13,19H,7-9,11H2,1-6H3. The van der Waals surface area contributed by atoms with Gasteiger partial charge in [0.25, 0.3) is 0 Å². The van der Waals surface area contributed by atoms with Crippen LogP contribution in [0.25, 0.3) is 0 Å². The van der Waals surface area contributed by atoms with E-state index >= 15 is 0 Å². The molecule has 20 heavy (non-hydrogen) atoms. The third kappa shape index (κ3) is 4.05. The van der Waals surface area contributed by atoms with E-state index in [9.17, 15) is 0 Å². The van der Waals surface area contributed by atoms with Crippen LogP contribution >= 0.6 is 11.3 Å². The van der Waals surface area contributed by atoms with Crippen molar-refractivity contribution in [3.05, 3.63) is 16.1 Å². The molecule has 0 spiro atoms. The van der Waals surface area contributed by atoms with Gasteiger partial charge in [-0.05, 0) is 43.4 Å². The minimum Gasteiger partial charge on any atom is -0.305 e. The van der Waals surface area contributed by atoms with Gasteiger partial charge in [-0.15, -0.1) is 11.3 Å². The number of aromatic nitrogens is 1. The lowest BCUT2D eigenvalue weighted by atomic mass is 9.63. The third-order valence-corrected chi connectivity index (χ3v) is 5.66. The number of thiazole rings is 1. The third-order valence-electron chi connectivity index (χ3n) is 4.33. The maximum Gasteiger partial charge on any atom is 0.109 e. The van der Waals surface area contributed by atoms with E-state index in [-0.39, 0.29) is 0 Å². The molecule has 1 aromatic heterocycles. The van der Waals surface area contributed by atoms with Gasteiger partial charge in [-0.1, -0.05) is 34.6 Å². The van der Waals surface area contributed by atoms with Crippen LogP contribution in [0.1, 0.15) is 76.7 Å². The van der Waals surface area contributed by atoms with Crippen molar-refractivity contribution >= 4 is 11.3 Å². The molecular formula is C17H30N2S. The maximum atomic E-state index is 4.58. The van der Waals surface area contributed by atoms with Crippen molar-refractivity contribution in [1.29, 1.82) is 0 Å². The van der Waals surface area contributed by atoms with E-state index in [0.717, 1.165) is 6.42 Å². The molecular weight excluding hydrogens is 264 g/mol. The summed E-state index contributed by atoms with van der Waals surface area (Å²) >= 11 is 1.86. The Balaban J connectivity index is 2.01. The molecule has 1 aliphatic rings. The predicted octanol–water partition coefficient (Wildman–Crippen LogP) is 4.96. The van der Waals surface area contributed by atoms with Crippen LogP contribution in [0.4, 0.5) is 0 Å². The van der Waals surface area contributed by atoms with E-state index in [2.05, 4.69) is 51.8 Å². The highest BCUT2D eigenvalue weighted by molar-refractivity contribution is 7.11. The van der Waals surface area contributed by atoms with Crippen LogP contribution in [-0.4, -0.2) is 11.0 Å². The van der Waals surface area contributed by atoms with Gasteiger partial charge in [0.1, 0.15) is 5.01 Å². The molecule has 114 valence electrons. The summed E-state index contributed by atoms with van der Waals surface area (Å²) < 4.78 is 0. The average molecular weight is 295 g/mol. The fraction of sp³-hybridized carbons (Fsp3) is 0.824. The summed E-state index contributed by atoms with van der Waals surface area (Å²) in [5.41, 5.74) is 0.882. The van der Waals surface area contributed by atoms with Gasteiger partial charge in [-0.2, -0.15) is 0 Å². The molecule has 3 heteroatoms. The molecule has 1 unspecified atom stereocenters. The molecule has 1 aromatic rings. The summed E-state index contributed by atoms with van der Waals surface area (Å²) in [6, 6.07) is 0.979. The van der Waals surface area contributed by atoms with E-state index in [1.165, 1.54) is 29.1 Å². The van der Waals surface area contributed by atoms with Crippen LogP contribution in [0.15, 0.2) is 6.20 Å². The van der Waals surface area contributed by atoms with Gasteiger partial charge in [0.15, 0.2) is 0 Å². The molecule has 0 aromatic carbocycles. The second-order valence-corrected chi connectivity index (χ2v) is 9.16. The Bertz CT molecular complexity index is 432. The fourth-order valence-electron chi connectivity index (χ4n) is 4.08. The average Bonchev–Trinajstić information content (AvgIpc) is 2.72. The summed E-state index contributed by atoms with van der Waals surface area (Å²) in [5, 5.41) is 5.07. The summed E-state index contributed by atoms with van der Waals surface area (Å²) in [6.45, 7) is 14.1. The lowest BCUT2D eigenvalue weighted by Gasteiger charge is -2.45.